The molecular weight excluding hydrogens is 240 g/mol. The molecule has 3 rings (SSSR count). The summed E-state index contributed by atoms with van der Waals surface area (Å²) in [4.78, 5) is 7.21. The second-order valence-electron chi connectivity index (χ2n) is 5.75. The van der Waals surface area contributed by atoms with Crippen molar-refractivity contribution in [3.8, 4) is 0 Å². The normalized spacial score (nSPS) is 24.0. The third-order valence-corrected chi connectivity index (χ3v) is 4.05. The number of ether oxygens (including phenoxy) is 1. The van der Waals surface area contributed by atoms with E-state index in [9.17, 15) is 0 Å². The van der Waals surface area contributed by atoms with Gasteiger partial charge in [0.15, 0.2) is 0 Å². The molecule has 1 aromatic heterocycles. The van der Waals surface area contributed by atoms with Gasteiger partial charge in [0, 0.05) is 45.0 Å². The van der Waals surface area contributed by atoms with Crippen LogP contribution in [0.3, 0.4) is 0 Å². The second-order valence-corrected chi connectivity index (χ2v) is 5.75. The molecular formula is C14H24N4O. The van der Waals surface area contributed by atoms with Crippen LogP contribution in [-0.2, 0) is 11.3 Å². The number of hydrogen-bond donors (Lipinski definition) is 1. The van der Waals surface area contributed by atoms with Crippen LogP contribution in [0.25, 0.3) is 0 Å². The molecule has 1 saturated carbocycles. The minimum atomic E-state index is 0.545. The topological polar surface area (TPSA) is 42.3 Å². The van der Waals surface area contributed by atoms with Gasteiger partial charge in [-0.15, -0.1) is 0 Å². The molecule has 0 spiro atoms. The van der Waals surface area contributed by atoms with Crippen molar-refractivity contribution in [3.05, 3.63) is 11.9 Å². The number of aryl methyl sites for hydroxylation is 1. The first-order valence-electron chi connectivity index (χ1n) is 7.29. The number of hydrogen-bond acceptors (Lipinski definition) is 4. The van der Waals surface area contributed by atoms with Crippen molar-refractivity contribution < 1.29 is 4.74 Å². The van der Waals surface area contributed by atoms with Gasteiger partial charge in [-0.25, -0.2) is 4.98 Å². The lowest BCUT2D eigenvalue weighted by molar-refractivity contribution is 0.187. The van der Waals surface area contributed by atoms with Crippen LogP contribution in [0.1, 0.15) is 25.0 Å². The molecule has 0 amide bonds. The number of nitrogens with zero attached hydrogens (tertiary/aromatic N) is 3. The number of anilines is 1. The Kier molecular flexibility index (Phi) is 3.75. The smallest absolute Gasteiger partial charge is 0.203 e. The van der Waals surface area contributed by atoms with E-state index in [4.69, 9.17) is 4.74 Å². The number of methoxy groups -OCH3 is 1. The Hall–Kier alpha value is -1.07. The third kappa shape index (κ3) is 3.09. The quantitative estimate of drug-likeness (QED) is 0.845. The van der Waals surface area contributed by atoms with Crippen LogP contribution in [0.4, 0.5) is 5.95 Å². The van der Waals surface area contributed by atoms with Crippen molar-refractivity contribution in [1.29, 1.82) is 0 Å². The fourth-order valence-electron chi connectivity index (χ4n) is 2.88. The molecule has 5 heteroatoms. The summed E-state index contributed by atoms with van der Waals surface area (Å²) in [6.45, 7) is 6.03. The predicted molar refractivity (Wildman–Crippen MR) is 75.5 cm³/mol. The predicted octanol–water partition coefficient (Wildman–Crippen LogP) is 1.49. The first kappa shape index (κ1) is 12.9. The number of aromatic nitrogens is 2. The molecule has 2 fully saturated rings. The Morgan fingerprint density at radius 2 is 2.26 bits per heavy atom. The number of likely N-dealkylation sites (tertiary alicyclic amines) is 1. The van der Waals surface area contributed by atoms with E-state index in [1.165, 1.54) is 32.4 Å². The molecule has 2 heterocycles. The summed E-state index contributed by atoms with van der Waals surface area (Å²) in [6.07, 6.45) is 6.12. The van der Waals surface area contributed by atoms with Gasteiger partial charge in [0.2, 0.25) is 5.95 Å². The van der Waals surface area contributed by atoms with Gasteiger partial charge in [0.05, 0.1) is 12.3 Å². The van der Waals surface area contributed by atoms with E-state index < -0.39 is 0 Å². The summed E-state index contributed by atoms with van der Waals surface area (Å²) in [5, 5.41) is 3.61. The molecule has 2 aliphatic rings. The van der Waals surface area contributed by atoms with E-state index in [1.54, 1.807) is 7.11 Å². The van der Waals surface area contributed by atoms with Crippen LogP contribution in [0.5, 0.6) is 0 Å². The van der Waals surface area contributed by atoms with Crippen molar-refractivity contribution in [1.82, 2.24) is 14.5 Å². The van der Waals surface area contributed by atoms with Gasteiger partial charge >= 0.3 is 0 Å². The lowest BCUT2D eigenvalue weighted by Gasteiger charge is -2.17. The summed E-state index contributed by atoms with van der Waals surface area (Å²) in [6, 6.07) is 1.42. The van der Waals surface area contributed by atoms with Crippen molar-refractivity contribution in [3.63, 3.8) is 0 Å². The van der Waals surface area contributed by atoms with Crippen molar-refractivity contribution in [2.45, 2.75) is 44.8 Å². The minimum absolute atomic E-state index is 0.545. The molecule has 106 valence electrons. The average Bonchev–Trinajstić information content (AvgIpc) is 3.05. The summed E-state index contributed by atoms with van der Waals surface area (Å²) in [5.74, 6) is 0.997. The molecule has 1 aliphatic heterocycles. The van der Waals surface area contributed by atoms with E-state index in [0.717, 1.165) is 30.8 Å². The lowest BCUT2D eigenvalue weighted by atomic mass is 10.3. The molecule has 0 bridgehead atoms. The minimum Gasteiger partial charge on any atom is -0.383 e. The van der Waals surface area contributed by atoms with Gasteiger partial charge in [-0.2, -0.15) is 0 Å². The van der Waals surface area contributed by atoms with Gasteiger partial charge in [0.25, 0.3) is 0 Å². The van der Waals surface area contributed by atoms with Crippen LogP contribution in [0, 0.1) is 6.92 Å². The molecule has 1 N–H and O–H groups in total. The first-order chi connectivity index (χ1) is 9.26. The molecule has 1 atom stereocenters. The van der Waals surface area contributed by atoms with Gasteiger partial charge < -0.3 is 14.6 Å². The maximum Gasteiger partial charge on any atom is 0.203 e. The van der Waals surface area contributed by atoms with E-state index in [1.807, 2.05) is 6.92 Å². The Labute approximate surface area is 114 Å². The van der Waals surface area contributed by atoms with Gasteiger partial charge in [0.1, 0.15) is 0 Å². The largest absolute Gasteiger partial charge is 0.383 e. The highest BCUT2D eigenvalue weighted by atomic mass is 16.5. The van der Waals surface area contributed by atoms with Crippen molar-refractivity contribution in [2.24, 2.45) is 0 Å². The fourth-order valence-corrected chi connectivity index (χ4v) is 2.88. The number of imidazole rings is 1. The summed E-state index contributed by atoms with van der Waals surface area (Å²) in [7, 11) is 1.74. The van der Waals surface area contributed by atoms with E-state index in [0.29, 0.717) is 6.04 Å². The zero-order valence-corrected chi connectivity index (χ0v) is 11.9. The summed E-state index contributed by atoms with van der Waals surface area (Å²) < 4.78 is 7.32. The zero-order chi connectivity index (χ0) is 13.2. The first-order valence-corrected chi connectivity index (χ1v) is 7.29. The molecule has 5 nitrogen and oxygen atoms in total. The van der Waals surface area contributed by atoms with Crippen molar-refractivity contribution >= 4 is 5.95 Å². The Bertz CT molecular complexity index is 427. The zero-order valence-electron chi connectivity index (χ0n) is 11.9. The van der Waals surface area contributed by atoms with Gasteiger partial charge in [-0.1, -0.05) is 0 Å². The number of nitrogens with one attached hydrogen (secondary N) is 1. The number of rotatable bonds is 6. The molecule has 1 aliphatic carbocycles. The molecule has 1 unspecified atom stereocenters. The Morgan fingerprint density at radius 3 is 3.00 bits per heavy atom. The average molecular weight is 264 g/mol. The van der Waals surface area contributed by atoms with Crippen LogP contribution < -0.4 is 5.32 Å². The van der Waals surface area contributed by atoms with E-state index in [-0.39, 0.29) is 0 Å². The third-order valence-electron chi connectivity index (χ3n) is 4.05. The van der Waals surface area contributed by atoms with Crippen molar-refractivity contribution in [2.75, 3.05) is 32.1 Å². The monoisotopic (exact) mass is 264 g/mol. The van der Waals surface area contributed by atoms with Gasteiger partial charge in [-0.05, 0) is 26.2 Å². The Balaban J connectivity index is 1.59. The maximum atomic E-state index is 5.15. The van der Waals surface area contributed by atoms with Crippen LogP contribution in [0.15, 0.2) is 6.20 Å². The highest BCUT2D eigenvalue weighted by molar-refractivity contribution is 5.31. The van der Waals surface area contributed by atoms with Crippen LogP contribution in [-0.4, -0.2) is 53.3 Å². The maximum absolute atomic E-state index is 5.15. The van der Waals surface area contributed by atoms with Crippen LogP contribution >= 0.6 is 0 Å². The highest BCUT2D eigenvalue weighted by Crippen LogP contribution is 2.30. The SMILES string of the molecule is COCCn1cc(C)nc1NC1CCN(C2CC2)C1. The van der Waals surface area contributed by atoms with Crippen LogP contribution in [0.2, 0.25) is 0 Å². The van der Waals surface area contributed by atoms with E-state index in [2.05, 4.69) is 26.0 Å². The fraction of sp³-hybridized carbons (Fsp3) is 0.786. The molecule has 19 heavy (non-hydrogen) atoms. The molecule has 0 aromatic carbocycles. The molecule has 0 radical (unpaired) electrons. The summed E-state index contributed by atoms with van der Waals surface area (Å²) >= 11 is 0. The molecule has 1 aromatic rings. The Morgan fingerprint density at radius 1 is 1.42 bits per heavy atom. The van der Waals surface area contributed by atoms with Gasteiger partial charge in [-0.3, -0.25) is 4.90 Å². The van der Waals surface area contributed by atoms with E-state index >= 15 is 0 Å². The lowest BCUT2D eigenvalue weighted by Crippen LogP contribution is -2.28. The standard InChI is InChI=1S/C14H24N4O/c1-11-9-18(7-8-19-2)14(15-11)16-12-5-6-17(10-12)13-3-4-13/h9,12-13H,3-8,10H2,1-2H3,(H,15,16). The molecule has 1 saturated heterocycles. The second kappa shape index (κ2) is 5.51. The summed E-state index contributed by atoms with van der Waals surface area (Å²) in [5.41, 5.74) is 1.07. The highest BCUT2D eigenvalue weighted by Gasteiger charge is 2.34.